The van der Waals surface area contributed by atoms with Crippen molar-refractivity contribution in [2.75, 3.05) is 27.8 Å². The van der Waals surface area contributed by atoms with Crippen LogP contribution in [0.25, 0.3) is 0 Å². The first-order valence-electron chi connectivity index (χ1n) is 8.28. The Morgan fingerprint density at radius 1 is 1.17 bits per heavy atom. The van der Waals surface area contributed by atoms with Gasteiger partial charge in [0.1, 0.15) is 11.5 Å². The molecule has 0 spiro atoms. The lowest BCUT2D eigenvalue weighted by Gasteiger charge is -2.30. The molecule has 24 heavy (non-hydrogen) atoms. The van der Waals surface area contributed by atoms with Crippen molar-refractivity contribution in [3.05, 3.63) is 23.8 Å². The SMILES string of the molecule is COCOc1ccc(C2CCCC(NC(C)=O)C2)c(OCOC)c1. The number of methoxy groups -OCH3 is 2. The summed E-state index contributed by atoms with van der Waals surface area (Å²) in [4.78, 5) is 11.3. The molecule has 1 amide bonds. The van der Waals surface area contributed by atoms with Crippen LogP contribution in [0, 0.1) is 0 Å². The Hall–Kier alpha value is -1.79. The van der Waals surface area contributed by atoms with Crippen molar-refractivity contribution in [1.82, 2.24) is 5.32 Å². The molecule has 1 aromatic rings. The van der Waals surface area contributed by atoms with Crippen molar-refractivity contribution in [3.8, 4) is 11.5 Å². The first kappa shape index (κ1) is 18.5. The fraction of sp³-hybridized carbons (Fsp3) is 0.611. The predicted octanol–water partition coefficient (Wildman–Crippen LogP) is 2.81. The summed E-state index contributed by atoms with van der Waals surface area (Å²) in [5, 5.41) is 3.04. The van der Waals surface area contributed by atoms with Crippen LogP contribution in [-0.2, 0) is 14.3 Å². The van der Waals surface area contributed by atoms with E-state index in [1.807, 2.05) is 18.2 Å². The molecule has 0 aromatic heterocycles. The van der Waals surface area contributed by atoms with E-state index < -0.39 is 0 Å². The molecule has 0 heterocycles. The van der Waals surface area contributed by atoms with E-state index in [0.29, 0.717) is 11.7 Å². The number of amides is 1. The van der Waals surface area contributed by atoms with Crippen molar-refractivity contribution in [2.45, 2.75) is 44.6 Å². The highest BCUT2D eigenvalue weighted by Crippen LogP contribution is 2.39. The topological polar surface area (TPSA) is 66.0 Å². The first-order valence-corrected chi connectivity index (χ1v) is 8.28. The van der Waals surface area contributed by atoms with Gasteiger partial charge in [0, 0.05) is 33.3 Å². The molecule has 0 saturated heterocycles. The van der Waals surface area contributed by atoms with E-state index in [2.05, 4.69) is 5.32 Å². The first-order chi connectivity index (χ1) is 11.6. The van der Waals surface area contributed by atoms with Gasteiger partial charge in [0.15, 0.2) is 13.6 Å². The minimum Gasteiger partial charge on any atom is -0.467 e. The molecule has 0 aliphatic heterocycles. The third-order valence-corrected chi connectivity index (χ3v) is 4.18. The quantitative estimate of drug-likeness (QED) is 0.739. The Kier molecular flexibility index (Phi) is 7.34. The summed E-state index contributed by atoms with van der Waals surface area (Å²) in [6.07, 6.45) is 4.11. The molecule has 1 saturated carbocycles. The van der Waals surface area contributed by atoms with Crippen molar-refractivity contribution >= 4 is 5.91 Å². The van der Waals surface area contributed by atoms with Crippen LogP contribution in [0.3, 0.4) is 0 Å². The standard InChI is InChI=1S/C18H27NO5/c1-13(20)19-15-6-4-5-14(9-15)17-8-7-16(23-11-21-2)10-18(17)24-12-22-3/h7-8,10,14-15H,4-6,9,11-12H2,1-3H3,(H,19,20). The Morgan fingerprint density at radius 2 is 1.92 bits per heavy atom. The number of ether oxygens (including phenoxy) is 4. The Labute approximate surface area is 143 Å². The number of rotatable bonds is 8. The van der Waals surface area contributed by atoms with Gasteiger partial charge < -0.3 is 24.3 Å². The number of carbonyl (C=O) groups excluding carboxylic acids is 1. The molecule has 1 aliphatic rings. The summed E-state index contributed by atoms with van der Waals surface area (Å²) >= 11 is 0. The van der Waals surface area contributed by atoms with Crippen LogP contribution in [0.4, 0.5) is 0 Å². The van der Waals surface area contributed by atoms with Crippen LogP contribution in [-0.4, -0.2) is 39.8 Å². The summed E-state index contributed by atoms with van der Waals surface area (Å²) in [6.45, 7) is 1.94. The van der Waals surface area contributed by atoms with Crippen LogP contribution < -0.4 is 14.8 Å². The third-order valence-electron chi connectivity index (χ3n) is 4.18. The Bertz CT molecular complexity index is 534. The lowest BCUT2D eigenvalue weighted by atomic mass is 9.81. The van der Waals surface area contributed by atoms with E-state index >= 15 is 0 Å². The van der Waals surface area contributed by atoms with Gasteiger partial charge in [-0.05, 0) is 36.8 Å². The fourth-order valence-electron chi connectivity index (χ4n) is 3.21. The van der Waals surface area contributed by atoms with Gasteiger partial charge in [-0.1, -0.05) is 12.5 Å². The zero-order chi connectivity index (χ0) is 17.4. The average Bonchev–Trinajstić information content (AvgIpc) is 2.57. The molecule has 1 aromatic carbocycles. The largest absolute Gasteiger partial charge is 0.467 e. The van der Waals surface area contributed by atoms with Gasteiger partial charge in [-0.15, -0.1) is 0 Å². The number of hydrogen-bond acceptors (Lipinski definition) is 5. The van der Waals surface area contributed by atoms with Gasteiger partial charge in [-0.3, -0.25) is 4.79 Å². The second-order valence-electron chi connectivity index (χ2n) is 6.06. The summed E-state index contributed by atoms with van der Waals surface area (Å²) in [5.74, 6) is 1.83. The maximum Gasteiger partial charge on any atom is 0.217 e. The van der Waals surface area contributed by atoms with Crippen LogP contribution in [0.2, 0.25) is 0 Å². The van der Waals surface area contributed by atoms with Gasteiger partial charge >= 0.3 is 0 Å². The maximum absolute atomic E-state index is 11.3. The van der Waals surface area contributed by atoms with E-state index in [4.69, 9.17) is 18.9 Å². The van der Waals surface area contributed by atoms with Crippen molar-refractivity contribution in [3.63, 3.8) is 0 Å². The normalized spacial score (nSPS) is 20.5. The maximum atomic E-state index is 11.3. The van der Waals surface area contributed by atoms with E-state index in [1.54, 1.807) is 21.1 Å². The summed E-state index contributed by atoms with van der Waals surface area (Å²) in [6, 6.07) is 6.06. The smallest absolute Gasteiger partial charge is 0.217 e. The predicted molar refractivity (Wildman–Crippen MR) is 90.3 cm³/mol. The highest BCUT2D eigenvalue weighted by atomic mass is 16.7. The monoisotopic (exact) mass is 337 g/mol. The van der Waals surface area contributed by atoms with Crippen LogP contribution in [0.1, 0.15) is 44.1 Å². The average molecular weight is 337 g/mol. The molecule has 2 atom stereocenters. The molecule has 2 unspecified atom stereocenters. The zero-order valence-corrected chi connectivity index (χ0v) is 14.7. The molecule has 6 nitrogen and oxygen atoms in total. The van der Waals surface area contributed by atoms with Crippen LogP contribution in [0.5, 0.6) is 11.5 Å². The number of carbonyl (C=O) groups is 1. The molecular weight excluding hydrogens is 310 g/mol. The highest BCUT2D eigenvalue weighted by Gasteiger charge is 2.26. The number of nitrogens with one attached hydrogen (secondary N) is 1. The molecule has 1 fully saturated rings. The van der Waals surface area contributed by atoms with Crippen molar-refractivity contribution in [2.24, 2.45) is 0 Å². The number of benzene rings is 1. The highest BCUT2D eigenvalue weighted by molar-refractivity contribution is 5.73. The van der Waals surface area contributed by atoms with Gasteiger partial charge in [-0.2, -0.15) is 0 Å². The molecule has 1 aliphatic carbocycles. The summed E-state index contributed by atoms with van der Waals surface area (Å²) in [5.41, 5.74) is 1.13. The second kappa shape index (κ2) is 9.49. The van der Waals surface area contributed by atoms with Crippen molar-refractivity contribution in [1.29, 1.82) is 0 Å². The van der Waals surface area contributed by atoms with E-state index in [0.717, 1.165) is 37.0 Å². The third kappa shape index (κ3) is 5.39. The van der Waals surface area contributed by atoms with E-state index in [-0.39, 0.29) is 25.5 Å². The molecule has 134 valence electrons. The van der Waals surface area contributed by atoms with Crippen LogP contribution in [0.15, 0.2) is 18.2 Å². The van der Waals surface area contributed by atoms with E-state index in [1.165, 1.54) is 0 Å². The molecule has 6 heteroatoms. The molecule has 0 radical (unpaired) electrons. The Balaban J connectivity index is 2.15. The molecular formula is C18H27NO5. The second-order valence-corrected chi connectivity index (χ2v) is 6.06. The summed E-state index contributed by atoms with van der Waals surface area (Å²) in [7, 11) is 3.18. The van der Waals surface area contributed by atoms with Crippen molar-refractivity contribution < 1.29 is 23.7 Å². The number of hydrogen-bond donors (Lipinski definition) is 1. The van der Waals surface area contributed by atoms with Crippen LogP contribution >= 0.6 is 0 Å². The summed E-state index contributed by atoms with van der Waals surface area (Å²) < 4.78 is 21.2. The van der Waals surface area contributed by atoms with Gasteiger partial charge in [0.05, 0.1) is 0 Å². The molecule has 0 bridgehead atoms. The van der Waals surface area contributed by atoms with Gasteiger partial charge in [0.2, 0.25) is 5.91 Å². The van der Waals surface area contributed by atoms with E-state index in [9.17, 15) is 4.79 Å². The Morgan fingerprint density at radius 3 is 2.62 bits per heavy atom. The molecule has 1 N–H and O–H groups in total. The minimum absolute atomic E-state index is 0.0276. The lowest BCUT2D eigenvalue weighted by molar-refractivity contribution is -0.119. The fourth-order valence-corrected chi connectivity index (χ4v) is 3.21. The molecule has 2 rings (SSSR count). The minimum atomic E-state index is 0.0276. The van der Waals surface area contributed by atoms with Gasteiger partial charge in [-0.25, -0.2) is 0 Å². The zero-order valence-electron chi connectivity index (χ0n) is 14.7. The van der Waals surface area contributed by atoms with Gasteiger partial charge in [0.25, 0.3) is 0 Å². The lowest BCUT2D eigenvalue weighted by Crippen LogP contribution is -2.36.